The van der Waals surface area contributed by atoms with Crippen LogP contribution < -0.4 is 43.8 Å². The van der Waals surface area contributed by atoms with Crippen molar-refractivity contribution in [3.63, 3.8) is 0 Å². The minimum atomic E-state index is -1.22. The lowest BCUT2D eigenvalue weighted by Gasteiger charge is -2.26. The van der Waals surface area contributed by atoms with E-state index in [9.17, 15) is 33.9 Å². The number of hydrogen-bond acceptors (Lipinski definition) is 9. The molecule has 0 rings (SSSR count). The number of amides is 5. The summed E-state index contributed by atoms with van der Waals surface area (Å²) in [6, 6.07) is -5.67. The quantitative estimate of drug-likeness (QED) is 0.0366. The van der Waals surface area contributed by atoms with E-state index in [0.29, 0.717) is 6.42 Å². The summed E-state index contributed by atoms with van der Waals surface area (Å²) in [5, 5.41) is 30.8. The number of aliphatic carboxylic acids is 1. The molecule has 0 saturated carbocycles. The Labute approximate surface area is 251 Å². The van der Waals surface area contributed by atoms with Gasteiger partial charge in [0.2, 0.25) is 29.5 Å². The fourth-order valence-electron chi connectivity index (χ4n) is 3.71. The molecule has 13 N–H and O–H groups in total. The minimum absolute atomic E-state index is 0.0251. The van der Waals surface area contributed by atoms with Crippen LogP contribution in [0.2, 0.25) is 0 Å². The lowest BCUT2D eigenvalue weighted by molar-refractivity contribution is -0.142. The van der Waals surface area contributed by atoms with Gasteiger partial charge in [0.1, 0.15) is 30.2 Å². The number of hydrogen-bond donors (Lipinski definition) is 10. The van der Waals surface area contributed by atoms with Crippen LogP contribution in [0.5, 0.6) is 0 Å². The Balaban J connectivity index is 5.45. The molecule has 17 nitrogen and oxygen atoms in total. The third-order valence-electron chi connectivity index (χ3n) is 6.42. The number of aliphatic imine (C=N–C) groups is 1. The number of nitrogens with one attached hydrogen (secondary N) is 5. The minimum Gasteiger partial charge on any atom is -0.480 e. The maximum Gasteiger partial charge on any atom is 0.326 e. The zero-order valence-corrected chi connectivity index (χ0v) is 25.5. The fourth-order valence-corrected chi connectivity index (χ4v) is 3.71. The van der Waals surface area contributed by atoms with E-state index in [-0.39, 0.29) is 43.6 Å². The van der Waals surface area contributed by atoms with Crippen LogP contribution in [0.3, 0.4) is 0 Å². The van der Waals surface area contributed by atoms with E-state index < -0.39 is 78.9 Å². The smallest absolute Gasteiger partial charge is 0.326 e. The van der Waals surface area contributed by atoms with Gasteiger partial charge in [0.05, 0.1) is 13.2 Å². The molecule has 0 aromatic heterocycles. The highest BCUT2D eigenvalue weighted by Crippen LogP contribution is 2.09. The van der Waals surface area contributed by atoms with Crippen LogP contribution in [0.1, 0.15) is 60.3 Å². The van der Waals surface area contributed by atoms with Crippen molar-refractivity contribution in [1.29, 1.82) is 0 Å². The molecule has 0 aromatic rings. The fraction of sp³-hybridized carbons (Fsp3) is 0.731. The molecule has 0 radical (unpaired) electrons. The molecule has 246 valence electrons. The van der Waals surface area contributed by atoms with Gasteiger partial charge in [-0.3, -0.25) is 29.0 Å². The van der Waals surface area contributed by atoms with Gasteiger partial charge in [-0.1, -0.05) is 34.1 Å². The summed E-state index contributed by atoms with van der Waals surface area (Å²) in [4.78, 5) is 78.7. The molecule has 17 heteroatoms. The molecule has 0 unspecified atom stereocenters. The van der Waals surface area contributed by atoms with Crippen molar-refractivity contribution in [3.05, 3.63) is 0 Å². The van der Waals surface area contributed by atoms with Crippen LogP contribution in [0.25, 0.3) is 0 Å². The lowest BCUT2D eigenvalue weighted by Crippen LogP contribution is -2.57. The summed E-state index contributed by atoms with van der Waals surface area (Å²) in [7, 11) is 0. The zero-order valence-electron chi connectivity index (χ0n) is 25.5. The summed E-state index contributed by atoms with van der Waals surface area (Å²) in [6.45, 7) is 7.49. The van der Waals surface area contributed by atoms with Crippen molar-refractivity contribution in [2.75, 3.05) is 19.7 Å². The summed E-state index contributed by atoms with van der Waals surface area (Å²) in [5.41, 5.74) is 16.1. The lowest BCUT2D eigenvalue weighted by atomic mass is 9.98. The van der Waals surface area contributed by atoms with E-state index in [2.05, 4.69) is 31.6 Å². The van der Waals surface area contributed by atoms with Crippen molar-refractivity contribution in [1.82, 2.24) is 26.6 Å². The van der Waals surface area contributed by atoms with Crippen LogP contribution >= 0.6 is 0 Å². The number of carbonyl (C=O) groups excluding carboxylic acids is 5. The predicted molar refractivity (Wildman–Crippen MR) is 158 cm³/mol. The van der Waals surface area contributed by atoms with Gasteiger partial charge in [0.15, 0.2) is 5.96 Å². The summed E-state index contributed by atoms with van der Waals surface area (Å²) in [6.07, 6.45) is 1.01. The van der Waals surface area contributed by atoms with Crippen molar-refractivity contribution in [2.24, 2.45) is 34.0 Å². The maximum atomic E-state index is 13.0. The van der Waals surface area contributed by atoms with Gasteiger partial charge < -0.3 is 54.0 Å². The topological polar surface area (TPSA) is 293 Å². The zero-order chi connectivity index (χ0) is 33.3. The number of rotatable bonds is 20. The molecular formula is C26H49N9O8. The molecule has 0 aromatic carbocycles. The van der Waals surface area contributed by atoms with E-state index in [4.69, 9.17) is 22.3 Å². The number of aliphatic hydroxyl groups excluding tert-OH is 1. The first-order valence-electron chi connectivity index (χ1n) is 14.2. The number of guanidine groups is 1. The summed E-state index contributed by atoms with van der Waals surface area (Å²) >= 11 is 0. The number of carboxylic acid groups (broad SMARTS) is 1. The third kappa shape index (κ3) is 15.7. The second-order valence-electron chi connectivity index (χ2n) is 10.7. The second kappa shape index (κ2) is 20.0. The van der Waals surface area contributed by atoms with Gasteiger partial charge >= 0.3 is 5.97 Å². The van der Waals surface area contributed by atoms with Gasteiger partial charge in [-0.2, -0.15) is 0 Å². The predicted octanol–water partition coefficient (Wildman–Crippen LogP) is -3.39. The first-order chi connectivity index (χ1) is 20.0. The molecule has 0 aliphatic carbocycles. The highest BCUT2D eigenvalue weighted by molar-refractivity contribution is 5.95. The van der Waals surface area contributed by atoms with Crippen molar-refractivity contribution < 1.29 is 39.0 Å². The molecule has 0 aliphatic heterocycles. The summed E-state index contributed by atoms with van der Waals surface area (Å²) in [5.74, 6) is -5.33. The Morgan fingerprint density at radius 1 is 0.837 bits per heavy atom. The largest absolute Gasteiger partial charge is 0.480 e. The number of carbonyl (C=O) groups is 6. The Morgan fingerprint density at radius 3 is 1.98 bits per heavy atom. The van der Waals surface area contributed by atoms with Gasteiger partial charge in [-0.25, -0.2) is 4.79 Å². The molecule has 5 amide bonds. The Bertz CT molecular complexity index is 988. The third-order valence-corrected chi connectivity index (χ3v) is 6.42. The molecule has 0 heterocycles. The van der Waals surface area contributed by atoms with Crippen molar-refractivity contribution in [2.45, 2.75) is 90.5 Å². The van der Waals surface area contributed by atoms with Crippen molar-refractivity contribution in [3.8, 4) is 0 Å². The molecule has 0 saturated heterocycles. The Kier molecular flexibility index (Phi) is 18.2. The van der Waals surface area contributed by atoms with Gasteiger partial charge in [-0.15, -0.1) is 0 Å². The first kappa shape index (κ1) is 39.0. The van der Waals surface area contributed by atoms with Gasteiger partial charge in [-0.05, 0) is 38.0 Å². The molecule has 0 fully saturated rings. The Morgan fingerprint density at radius 2 is 1.47 bits per heavy atom. The van der Waals surface area contributed by atoms with Crippen LogP contribution in [-0.4, -0.2) is 102 Å². The monoisotopic (exact) mass is 615 g/mol. The average molecular weight is 616 g/mol. The number of aliphatic hydroxyl groups is 1. The molecule has 6 atom stereocenters. The molecule has 0 spiro atoms. The van der Waals surface area contributed by atoms with Gasteiger partial charge in [0, 0.05) is 6.54 Å². The SMILES string of the molecule is CC[C@H](C)[C@H](NC(=O)[C@H](C)NC(=O)[C@@H](N)CO)C(=O)NCC(=O)N[C@@H](CCCN=C(N)N)C(=O)N[C@@H](CC(C)C)C(=O)O. The van der Waals surface area contributed by atoms with E-state index in [1.165, 1.54) is 6.92 Å². The van der Waals surface area contributed by atoms with Crippen molar-refractivity contribution >= 4 is 41.5 Å². The highest BCUT2D eigenvalue weighted by Gasteiger charge is 2.30. The average Bonchev–Trinajstić information content (AvgIpc) is 2.93. The van der Waals surface area contributed by atoms with Crippen LogP contribution in [0.15, 0.2) is 4.99 Å². The first-order valence-corrected chi connectivity index (χ1v) is 14.2. The van der Waals surface area contributed by atoms with E-state index in [0.717, 1.165) is 0 Å². The molecular weight excluding hydrogens is 566 g/mol. The van der Waals surface area contributed by atoms with E-state index in [1.54, 1.807) is 27.7 Å². The number of nitrogens with two attached hydrogens (primary N) is 3. The summed E-state index contributed by atoms with van der Waals surface area (Å²) < 4.78 is 0. The van der Waals surface area contributed by atoms with Crippen LogP contribution in [-0.2, 0) is 28.8 Å². The highest BCUT2D eigenvalue weighted by atomic mass is 16.4. The van der Waals surface area contributed by atoms with Crippen LogP contribution in [0.4, 0.5) is 0 Å². The van der Waals surface area contributed by atoms with Crippen LogP contribution in [0, 0.1) is 11.8 Å². The number of carboxylic acids is 1. The number of nitrogens with zero attached hydrogens (tertiary/aromatic N) is 1. The molecule has 43 heavy (non-hydrogen) atoms. The molecule has 0 aliphatic rings. The molecule has 0 bridgehead atoms. The van der Waals surface area contributed by atoms with Gasteiger partial charge in [0.25, 0.3) is 0 Å². The standard InChI is InChI=1S/C26H49N9O8/c1-6-14(4)20(35-21(38)15(5)32-22(39)16(27)12-36)24(41)31-11-19(37)33-17(8-7-9-30-26(28)29)23(40)34-18(25(42)43)10-13(2)3/h13-18,20,36H,6-12,27H2,1-5H3,(H,31,41)(H,32,39)(H,33,37)(H,34,40)(H,35,38)(H,42,43)(H4,28,29,30)/t14-,15-,16-,17-,18-,20-/m0/s1. The Hall–Kier alpha value is -3.99. The van der Waals surface area contributed by atoms with E-state index in [1.807, 2.05) is 0 Å². The second-order valence-corrected chi connectivity index (χ2v) is 10.7. The maximum absolute atomic E-state index is 13.0. The normalized spacial score (nSPS) is 15.1. The van der Waals surface area contributed by atoms with E-state index >= 15 is 0 Å².